The summed E-state index contributed by atoms with van der Waals surface area (Å²) in [6.07, 6.45) is 3.00. The van der Waals surface area contributed by atoms with Gasteiger partial charge in [0, 0.05) is 29.6 Å². The Labute approximate surface area is 143 Å². The minimum atomic E-state index is -0.00422. The highest BCUT2D eigenvalue weighted by atomic mass is 79.9. The van der Waals surface area contributed by atoms with Crippen LogP contribution in [0.1, 0.15) is 51.5 Å². The van der Waals surface area contributed by atoms with E-state index in [1.54, 1.807) is 6.92 Å². The van der Waals surface area contributed by atoms with Crippen molar-refractivity contribution in [3.8, 4) is 0 Å². The number of carbonyl (C=O) groups is 1. The fraction of sp³-hybridized carbons (Fsp3) is 0.611. The Kier molecular flexibility index (Phi) is 9.60. The molecule has 1 heterocycles. The van der Waals surface area contributed by atoms with Crippen molar-refractivity contribution in [2.24, 2.45) is 0 Å². The standard InChI is InChI=1S/C16H22BrNO2.C2H6/c1-12(19)16(13-2-4-14(17)5-3-13)6-9-18-15-7-10-20-11-8-15;1-2/h2-5,15-16,18H,6-11H2,1H3;1-2H3. The number of hydrogen-bond acceptors (Lipinski definition) is 3. The molecule has 0 spiro atoms. The van der Waals surface area contributed by atoms with Crippen LogP contribution < -0.4 is 5.32 Å². The molecule has 1 atom stereocenters. The van der Waals surface area contributed by atoms with Gasteiger partial charge < -0.3 is 10.1 Å². The molecule has 0 bridgehead atoms. The van der Waals surface area contributed by atoms with Gasteiger partial charge in [0.25, 0.3) is 0 Å². The maximum absolute atomic E-state index is 11.9. The predicted octanol–water partition coefficient (Wildman–Crippen LogP) is 4.31. The number of carbonyl (C=O) groups excluding carboxylic acids is 1. The van der Waals surface area contributed by atoms with Crippen LogP contribution in [0.15, 0.2) is 28.7 Å². The third kappa shape index (κ3) is 6.59. The first-order valence-corrected chi connectivity index (χ1v) is 9.03. The zero-order valence-corrected chi connectivity index (χ0v) is 15.5. The van der Waals surface area contributed by atoms with E-state index in [1.807, 2.05) is 38.1 Å². The second-order valence-corrected chi connectivity index (χ2v) is 6.26. The topological polar surface area (TPSA) is 38.3 Å². The number of nitrogens with one attached hydrogen (secondary N) is 1. The molecule has 22 heavy (non-hydrogen) atoms. The van der Waals surface area contributed by atoms with Crippen LogP contribution in [0.2, 0.25) is 0 Å². The molecular formula is C18H28BrNO2. The number of halogens is 1. The van der Waals surface area contributed by atoms with Crippen molar-refractivity contribution in [1.82, 2.24) is 5.32 Å². The maximum Gasteiger partial charge on any atom is 0.137 e. The smallest absolute Gasteiger partial charge is 0.137 e. The van der Waals surface area contributed by atoms with Gasteiger partial charge in [-0.05, 0) is 50.4 Å². The molecule has 1 unspecified atom stereocenters. The van der Waals surface area contributed by atoms with E-state index in [0.717, 1.165) is 49.1 Å². The third-order valence-electron chi connectivity index (χ3n) is 3.85. The normalized spacial score (nSPS) is 16.5. The van der Waals surface area contributed by atoms with Crippen LogP contribution in [0.3, 0.4) is 0 Å². The fourth-order valence-corrected chi connectivity index (χ4v) is 2.90. The maximum atomic E-state index is 11.9. The molecule has 0 aromatic heterocycles. The largest absolute Gasteiger partial charge is 0.381 e. The molecular weight excluding hydrogens is 342 g/mol. The lowest BCUT2D eigenvalue weighted by Gasteiger charge is -2.24. The van der Waals surface area contributed by atoms with Crippen LogP contribution in [0.25, 0.3) is 0 Å². The van der Waals surface area contributed by atoms with Crippen LogP contribution >= 0.6 is 15.9 Å². The minimum absolute atomic E-state index is 0.00422. The lowest BCUT2D eigenvalue weighted by atomic mass is 9.92. The molecule has 1 fully saturated rings. The average Bonchev–Trinajstić information content (AvgIpc) is 2.55. The Balaban J connectivity index is 0.00000116. The zero-order chi connectivity index (χ0) is 16.4. The van der Waals surface area contributed by atoms with Crippen molar-refractivity contribution in [3.05, 3.63) is 34.3 Å². The number of rotatable bonds is 6. The van der Waals surface area contributed by atoms with E-state index in [1.165, 1.54) is 0 Å². The monoisotopic (exact) mass is 369 g/mol. The molecule has 4 heteroatoms. The van der Waals surface area contributed by atoms with Crippen molar-refractivity contribution in [1.29, 1.82) is 0 Å². The van der Waals surface area contributed by atoms with Crippen LogP contribution in [0, 0.1) is 0 Å². The van der Waals surface area contributed by atoms with Crippen LogP contribution in [0.5, 0.6) is 0 Å². The number of hydrogen-bond donors (Lipinski definition) is 1. The lowest BCUT2D eigenvalue weighted by molar-refractivity contribution is -0.118. The van der Waals surface area contributed by atoms with Crippen LogP contribution in [-0.4, -0.2) is 31.6 Å². The minimum Gasteiger partial charge on any atom is -0.381 e. The van der Waals surface area contributed by atoms with Crippen molar-refractivity contribution in [3.63, 3.8) is 0 Å². The van der Waals surface area contributed by atoms with Gasteiger partial charge in [0.05, 0.1) is 0 Å². The van der Waals surface area contributed by atoms with E-state index in [4.69, 9.17) is 4.74 Å². The van der Waals surface area contributed by atoms with Crippen molar-refractivity contribution in [2.75, 3.05) is 19.8 Å². The van der Waals surface area contributed by atoms with Crippen molar-refractivity contribution < 1.29 is 9.53 Å². The predicted molar refractivity (Wildman–Crippen MR) is 95.4 cm³/mol. The fourth-order valence-electron chi connectivity index (χ4n) is 2.63. The van der Waals surface area contributed by atoms with Gasteiger partial charge in [-0.2, -0.15) is 0 Å². The summed E-state index contributed by atoms with van der Waals surface area (Å²) in [7, 11) is 0. The van der Waals surface area contributed by atoms with Gasteiger partial charge in [0.15, 0.2) is 0 Å². The molecule has 0 saturated carbocycles. The number of ketones is 1. The Morgan fingerprint density at radius 2 is 1.86 bits per heavy atom. The Bertz CT molecular complexity index is 427. The average molecular weight is 370 g/mol. The molecule has 1 aromatic rings. The SMILES string of the molecule is CC.CC(=O)C(CCNC1CCOCC1)c1ccc(Br)cc1. The third-order valence-corrected chi connectivity index (χ3v) is 4.38. The highest BCUT2D eigenvalue weighted by Crippen LogP contribution is 2.22. The molecule has 1 aliphatic rings. The summed E-state index contributed by atoms with van der Waals surface area (Å²) >= 11 is 3.43. The van der Waals surface area contributed by atoms with E-state index in [-0.39, 0.29) is 11.7 Å². The van der Waals surface area contributed by atoms with Crippen LogP contribution in [0.4, 0.5) is 0 Å². The molecule has 1 N–H and O–H groups in total. The van der Waals surface area contributed by atoms with E-state index < -0.39 is 0 Å². The van der Waals surface area contributed by atoms with Gasteiger partial charge in [-0.3, -0.25) is 4.79 Å². The zero-order valence-electron chi connectivity index (χ0n) is 13.9. The van der Waals surface area contributed by atoms with Gasteiger partial charge in [0.1, 0.15) is 5.78 Å². The Morgan fingerprint density at radius 1 is 1.27 bits per heavy atom. The first-order valence-electron chi connectivity index (χ1n) is 8.24. The molecule has 1 saturated heterocycles. The lowest BCUT2D eigenvalue weighted by Crippen LogP contribution is -2.36. The summed E-state index contributed by atoms with van der Waals surface area (Å²) in [5, 5.41) is 3.55. The number of ether oxygens (including phenoxy) is 1. The van der Waals surface area contributed by atoms with E-state index in [9.17, 15) is 4.79 Å². The molecule has 2 rings (SSSR count). The first kappa shape index (κ1) is 19.3. The molecule has 0 amide bonds. The van der Waals surface area contributed by atoms with Crippen molar-refractivity contribution >= 4 is 21.7 Å². The van der Waals surface area contributed by atoms with Gasteiger partial charge in [-0.1, -0.05) is 41.9 Å². The Morgan fingerprint density at radius 3 is 2.41 bits per heavy atom. The molecule has 1 aromatic carbocycles. The number of benzene rings is 1. The first-order chi connectivity index (χ1) is 10.7. The summed E-state index contributed by atoms with van der Waals surface area (Å²) in [4.78, 5) is 11.9. The van der Waals surface area contributed by atoms with E-state index in [0.29, 0.717) is 6.04 Å². The summed E-state index contributed by atoms with van der Waals surface area (Å²) in [6.45, 7) is 8.26. The number of Topliss-reactive ketones (excluding diaryl/α,β-unsaturated/α-hetero) is 1. The summed E-state index contributed by atoms with van der Waals surface area (Å²) in [5.74, 6) is 0.233. The summed E-state index contributed by atoms with van der Waals surface area (Å²) < 4.78 is 6.39. The van der Waals surface area contributed by atoms with Crippen LogP contribution in [-0.2, 0) is 9.53 Å². The highest BCUT2D eigenvalue weighted by molar-refractivity contribution is 9.10. The van der Waals surface area contributed by atoms with Gasteiger partial charge in [-0.15, -0.1) is 0 Å². The van der Waals surface area contributed by atoms with Gasteiger partial charge in [-0.25, -0.2) is 0 Å². The van der Waals surface area contributed by atoms with Gasteiger partial charge >= 0.3 is 0 Å². The molecule has 1 aliphatic heterocycles. The van der Waals surface area contributed by atoms with Gasteiger partial charge in [0.2, 0.25) is 0 Å². The second kappa shape index (κ2) is 10.9. The molecule has 3 nitrogen and oxygen atoms in total. The van der Waals surface area contributed by atoms with Crippen molar-refractivity contribution in [2.45, 2.75) is 52.0 Å². The second-order valence-electron chi connectivity index (χ2n) is 5.34. The Hall–Kier alpha value is -0.710. The molecule has 124 valence electrons. The summed E-state index contributed by atoms with van der Waals surface area (Å²) in [6, 6.07) is 8.60. The van der Waals surface area contributed by atoms with E-state index >= 15 is 0 Å². The highest BCUT2D eigenvalue weighted by Gasteiger charge is 2.18. The molecule has 0 radical (unpaired) electrons. The summed E-state index contributed by atoms with van der Waals surface area (Å²) in [5.41, 5.74) is 1.11. The quantitative estimate of drug-likeness (QED) is 0.811. The molecule has 0 aliphatic carbocycles. The van der Waals surface area contributed by atoms with E-state index in [2.05, 4.69) is 21.2 Å².